The van der Waals surface area contributed by atoms with Gasteiger partial charge < -0.3 is 14.6 Å². The molecule has 2 aromatic heterocycles. The van der Waals surface area contributed by atoms with Crippen LogP contribution in [0.2, 0.25) is 0 Å². The second-order valence-electron chi connectivity index (χ2n) is 12.0. The Morgan fingerprint density at radius 3 is 2.21 bits per heavy atom. The third-order valence-corrected chi connectivity index (χ3v) is 9.52. The quantitative estimate of drug-likeness (QED) is 0.341. The van der Waals surface area contributed by atoms with E-state index in [1.165, 1.54) is 32.8 Å². The number of rotatable bonds is 3. The third kappa shape index (κ3) is 7.39. The maximum atomic E-state index is 13.7. The van der Waals surface area contributed by atoms with Gasteiger partial charge in [0, 0.05) is 24.3 Å². The Morgan fingerprint density at radius 1 is 0.857 bits per heavy atom. The molecule has 2 saturated heterocycles. The van der Waals surface area contributed by atoms with E-state index in [4.69, 9.17) is 4.74 Å². The number of nitrogens with zero attached hydrogens (tertiary/aromatic N) is 4. The Kier molecular flexibility index (Phi) is 11.9. The molecule has 4 aliphatic rings. The molecule has 0 spiro atoms. The van der Waals surface area contributed by atoms with Crippen molar-refractivity contribution in [2.75, 3.05) is 7.11 Å². The van der Waals surface area contributed by atoms with Crippen molar-refractivity contribution >= 4 is 11.0 Å². The number of hydrogen-bond donors (Lipinski definition) is 1. The molecule has 1 N–H and O–H groups in total. The summed E-state index contributed by atoms with van der Waals surface area (Å²) in [5, 5.41) is 3.76. The van der Waals surface area contributed by atoms with Gasteiger partial charge >= 0.3 is 6.01 Å². The highest BCUT2D eigenvalue weighted by Crippen LogP contribution is 2.39. The monoisotopic (exact) mass is 575 g/mol. The van der Waals surface area contributed by atoms with E-state index in [2.05, 4.69) is 27.2 Å². The summed E-state index contributed by atoms with van der Waals surface area (Å²) in [4.78, 5) is 26.8. The molecule has 4 fully saturated rings. The van der Waals surface area contributed by atoms with Crippen molar-refractivity contribution in [3.63, 3.8) is 0 Å². The predicted octanol–water partition coefficient (Wildman–Crippen LogP) is 7.98. The first-order valence-corrected chi connectivity index (χ1v) is 16.7. The SMILES string of the molecule is C1CC2CCCC(C1)C2.CC.CC.COc1nccc(-c2nc3ccccc3n(C3CC4CCC(C)C(C3)N4)c2=O)n1. The molecule has 4 atom stereocenters. The van der Waals surface area contributed by atoms with Crippen LogP contribution < -0.4 is 15.6 Å². The van der Waals surface area contributed by atoms with Crippen molar-refractivity contribution in [3.8, 4) is 17.4 Å². The summed E-state index contributed by atoms with van der Waals surface area (Å²) < 4.78 is 7.11. The molecule has 3 aromatic rings. The smallest absolute Gasteiger partial charge is 0.316 e. The lowest BCUT2D eigenvalue weighted by Crippen LogP contribution is -2.53. The van der Waals surface area contributed by atoms with Gasteiger partial charge in [0.1, 0.15) is 5.69 Å². The number of fused-ring (bicyclic) bond motifs is 5. The number of para-hydroxylation sites is 2. The molecule has 4 heterocycles. The van der Waals surface area contributed by atoms with Crippen LogP contribution in [0.5, 0.6) is 6.01 Å². The summed E-state index contributed by atoms with van der Waals surface area (Å²) in [7, 11) is 1.51. The lowest BCUT2D eigenvalue weighted by Gasteiger charge is -2.44. The first-order valence-electron chi connectivity index (χ1n) is 16.7. The highest BCUT2D eigenvalue weighted by Gasteiger charge is 2.37. The third-order valence-electron chi connectivity index (χ3n) is 9.52. The van der Waals surface area contributed by atoms with Crippen LogP contribution in [-0.4, -0.2) is 38.7 Å². The molecular weight excluding hydrogens is 522 g/mol. The molecule has 4 unspecified atom stereocenters. The molecule has 2 aliphatic carbocycles. The van der Waals surface area contributed by atoms with Gasteiger partial charge in [-0.25, -0.2) is 9.97 Å². The van der Waals surface area contributed by atoms with E-state index in [1.54, 1.807) is 44.4 Å². The number of piperidine rings is 2. The molecular formula is C35H53N5O2. The zero-order valence-electron chi connectivity index (χ0n) is 26.8. The minimum Gasteiger partial charge on any atom is -0.467 e. The van der Waals surface area contributed by atoms with Crippen molar-refractivity contribution in [3.05, 3.63) is 46.9 Å². The van der Waals surface area contributed by atoms with Gasteiger partial charge in [-0.15, -0.1) is 0 Å². The average molecular weight is 576 g/mol. The van der Waals surface area contributed by atoms with Gasteiger partial charge in [0.15, 0.2) is 5.69 Å². The lowest BCUT2D eigenvalue weighted by atomic mass is 9.72. The van der Waals surface area contributed by atoms with E-state index in [9.17, 15) is 4.79 Å². The molecule has 2 saturated carbocycles. The van der Waals surface area contributed by atoms with Crippen LogP contribution in [0.3, 0.4) is 0 Å². The van der Waals surface area contributed by atoms with Crippen molar-refractivity contribution in [2.24, 2.45) is 17.8 Å². The highest BCUT2D eigenvalue weighted by atomic mass is 16.5. The molecule has 7 rings (SSSR count). The fourth-order valence-corrected chi connectivity index (χ4v) is 7.51. The molecule has 1 aromatic carbocycles. The van der Waals surface area contributed by atoms with Gasteiger partial charge in [-0.3, -0.25) is 4.79 Å². The Morgan fingerprint density at radius 2 is 1.55 bits per heavy atom. The summed E-state index contributed by atoms with van der Waals surface area (Å²) >= 11 is 0. The minimum atomic E-state index is -0.0953. The molecule has 2 aliphatic heterocycles. The van der Waals surface area contributed by atoms with Crippen LogP contribution in [0.1, 0.15) is 111 Å². The van der Waals surface area contributed by atoms with Crippen molar-refractivity contribution in [1.29, 1.82) is 0 Å². The van der Waals surface area contributed by atoms with Crippen LogP contribution in [0.15, 0.2) is 41.3 Å². The zero-order chi connectivity index (χ0) is 30.1. The Bertz CT molecular complexity index is 1300. The summed E-state index contributed by atoms with van der Waals surface area (Å²) in [6.45, 7) is 10.3. The van der Waals surface area contributed by atoms with Gasteiger partial charge in [0.05, 0.1) is 18.1 Å². The largest absolute Gasteiger partial charge is 0.467 e. The average Bonchev–Trinajstić information content (AvgIpc) is 3.05. The molecule has 4 bridgehead atoms. The molecule has 7 heteroatoms. The van der Waals surface area contributed by atoms with Crippen LogP contribution in [0.4, 0.5) is 0 Å². The molecule has 0 amide bonds. The standard InChI is InChI=1S/C22H25N5O2.C9H16.2C2H6/c1-13-7-8-14-11-15(12-18(13)24-14)27-19-6-4-3-5-16(19)25-20(21(27)28)17-9-10-23-22(26-17)29-2;1-3-8-5-2-6-9(4-1)7-8;2*1-2/h3-6,9-10,13-15,18,24H,7-8,11-12H2,1-2H3;8-9H,1-7H2;2*1-2H3. The van der Waals surface area contributed by atoms with Gasteiger partial charge in [0.2, 0.25) is 0 Å². The number of benzene rings is 1. The highest BCUT2D eigenvalue weighted by molar-refractivity contribution is 5.77. The van der Waals surface area contributed by atoms with E-state index in [-0.39, 0.29) is 17.6 Å². The second-order valence-corrected chi connectivity index (χ2v) is 12.0. The second kappa shape index (κ2) is 15.6. The normalized spacial score (nSPS) is 27.7. The number of hydrogen-bond acceptors (Lipinski definition) is 6. The van der Waals surface area contributed by atoms with E-state index < -0.39 is 0 Å². The Balaban J connectivity index is 0.000000260. The minimum absolute atomic E-state index is 0.0953. The number of nitrogens with one attached hydrogen (secondary N) is 1. The Hall–Kier alpha value is -2.80. The predicted molar refractivity (Wildman–Crippen MR) is 173 cm³/mol. The summed E-state index contributed by atoms with van der Waals surface area (Å²) in [5.41, 5.74) is 2.43. The van der Waals surface area contributed by atoms with Crippen molar-refractivity contribution in [1.82, 2.24) is 24.8 Å². The molecule has 0 radical (unpaired) electrons. The summed E-state index contributed by atoms with van der Waals surface area (Å²) in [6.07, 6.45) is 16.8. The van der Waals surface area contributed by atoms with Gasteiger partial charge in [0.25, 0.3) is 5.56 Å². The van der Waals surface area contributed by atoms with E-state index in [1.807, 2.05) is 56.5 Å². The summed E-state index contributed by atoms with van der Waals surface area (Å²) in [5.74, 6) is 2.93. The molecule has 7 nitrogen and oxygen atoms in total. The van der Waals surface area contributed by atoms with Crippen molar-refractivity contribution < 1.29 is 4.74 Å². The fraction of sp³-hybridized carbons (Fsp3) is 0.657. The van der Waals surface area contributed by atoms with Gasteiger partial charge in [-0.2, -0.15) is 4.98 Å². The van der Waals surface area contributed by atoms with Crippen molar-refractivity contribution in [2.45, 2.75) is 123 Å². The van der Waals surface area contributed by atoms with Crippen LogP contribution >= 0.6 is 0 Å². The number of ether oxygens (including phenoxy) is 1. The molecule has 42 heavy (non-hydrogen) atoms. The van der Waals surface area contributed by atoms with Crippen LogP contribution in [0.25, 0.3) is 22.4 Å². The Labute approximate surface area is 252 Å². The molecule has 230 valence electrons. The maximum absolute atomic E-state index is 13.7. The maximum Gasteiger partial charge on any atom is 0.316 e. The van der Waals surface area contributed by atoms with E-state index in [0.29, 0.717) is 29.4 Å². The zero-order valence-corrected chi connectivity index (χ0v) is 26.8. The van der Waals surface area contributed by atoms with E-state index >= 15 is 0 Å². The summed E-state index contributed by atoms with van der Waals surface area (Å²) in [6, 6.07) is 10.9. The van der Waals surface area contributed by atoms with Crippen LogP contribution in [-0.2, 0) is 0 Å². The van der Waals surface area contributed by atoms with Gasteiger partial charge in [-0.05, 0) is 68.1 Å². The van der Waals surface area contributed by atoms with Crippen LogP contribution in [0, 0.1) is 17.8 Å². The first kappa shape index (κ1) is 32.1. The first-order chi connectivity index (χ1) is 20.6. The number of aromatic nitrogens is 4. The number of methoxy groups -OCH3 is 1. The fourth-order valence-electron chi connectivity index (χ4n) is 7.51. The topological polar surface area (TPSA) is 81.9 Å². The lowest BCUT2D eigenvalue weighted by molar-refractivity contribution is 0.144. The van der Waals surface area contributed by atoms with Gasteiger partial charge in [-0.1, -0.05) is 85.3 Å². The van der Waals surface area contributed by atoms with E-state index in [0.717, 1.165) is 35.7 Å².